The topological polar surface area (TPSA) is 86.8 Å². The Kier molecular flexibility index (Phi) is 11.7. The molecule has 10 heteroatoms. The zero-order valence-corrected chi connectivity index (χ0v) is 27.8. The molecule has 236 valence electrons. The fraction of sp³-hybridized carbons (Fsp3) is 0.412. The van der Waals surface area contributed by atoms with Gasteiger partial charge in [-0.3, -0.25) is 13.9 Å². The van der Waals surface area contributed by atoms with Crippen molar-refractivity contribution >= 4 is 50.7 Å². The Morgan fingerprint density at radius 1 is 0.932 bits per heavy atom. The molecule has 0 aliphatic heterocycles. The second-order valence-corrected chi connectivity index (χ2v) is 14.6. The average Bonchev–Trinajstić information content (AvgIpc) is 2.99. The summed E-state index contributed by atoms with van der Waals surface area (Å²) in [5.41, 5.74) is 2.90. The van der Waals surface area contributed by atoms with Gasteiger partial charge in [0.25, 0.3) is 0 Å². The summed E-state index contributed by atoms with van der Waals surface area (Å²) in [6.07, 6.45) is 6.31. The fourth-order valence-electron chi connectivity index (χ4n) is 5.57. The zero-order chi connectivity index (χ0) is 31.9. The number of nitrogens with one attached hydrogen (secondary N) is 1. The summed E-state index contributed by atoms with van der Waals surface area (Å²) in [7, 11) is -3.85. The van der Waals surface area contributed by atoms with Gasteiger partial charge in [0.2, 0.25) is 21.8 Å². The van der Waals surface area contributed by atoms with E-state index in [0.717, 1.165) is 53.8 Å². The predicted molar refractivity (Wildman–Crippen MR) is 179 cm³/mol. The molecule has 0 bridgehead atoms. The summed E-state index contributed by atoms with van der Waals surface area (Å²) >= 11 is 12.7. The van der Waals surface area contributed by atoms with Gasteiger partial charge in [-0.2, -0.15) is 0 Å². The van der Waals surface area contributed by atoms with Gasteiger partial charge in [0.1, 0.15) is 12.6 Å². The summed E-state index contributed by atoms with van der Waals surface area (Å²) in [6.45, 7) is 3.62. The number of sulfonamides is 1. The van der Waals surface area contributed by atoms with Crippen molar-refractivity contribution in [2.45, 2.75) is 76.9 Å². The Hall–Kier alpha value is -3.07. The van der Waals surface area contributed by atoms with Crippen LogP contribution in [-0.4, -0.2) is 50.0 Å². The molecule has 0 spiro atoms. The lowest BCUT2D eigenvalue weighted by Crippen LogP contribution is -2.55. The highest BCUT2D eigenvalue weighted by atomic mass is 35.5. The highest BCUT2D eigenvalue weighted by molar-refractivity contribution is 7.92. The molecule has 0 saturated heterocycles. The maximum atomic E-state index is 14.3. The lowest BCUT2D eigenvalue weighted by Gasteiger charge is -2.35. The molecule has 1 atom stereocenters. The highest BCUT2D eigenvalue weighted by Crippen LogP contribution is 2.27. The van der Waals surface area contributed by atoms with Crippen LogP contribution in [0.2, 0.25) is 10.0 Å². The van der Waals surface area contributed by atoms with Gasteiger partial charge in [0, 0.05) is 29.1 Å². The van der Waals surface area contributed by atoms with Crippen LogP contribution in [0.4, 0.5) is 5.69 Å². The van der Waals surface area contributed by atoms with E-state index in [4.69, 9.17) is 23.2 Å². The number of benzene rings is 3. The van der Waals surface area contributed by atoms with E-state index in [1.54, 1.807) is 30.3 Å². The van der Waals surface area contributed by atoms with Crippen molar-refractivity contribution in [3.63, 3.8) is 0 Å². The first-order chi connectivity index (χ1) is 20.9. The molecule has 0 heterocycles. The predicted octanol–water partition coefficient (Wildman–Crippen LogP) is 6.97. The second kappa shape index (κ2) is 15.3. The lowest BCUT2D eigenvalue weighted by molar-refractivity contribution is -0.140. The number of halogens is 2. The van der Waals surface area contributed by atoms with Gasteiger partial charge in [0.05, 0.1) is 11.9 Å². The van der Waals surface area contributed by atoms with E-state index in [0.29, 0.717) is 21.3 Å². The van der Waals surface area contributed by atoms with Gasteiger partial charge < -0.3 is 10.2 Å². The normalized spacial score (nSPS) is 14.7. The number of amides is 2. The fourth-order valence-corrected chi connectivity index (χ4v) is 6.89. The molecule has 1 saturated carbocycles. The van der Waals surface area contributed by atoms with E-state index in [1.807, 2.05) is 42.5 Å². The van der Waals surface area contributed by atoms with Crippen molar-refractivity contribution < 1.29 is 18.0 Å². The Balaban J connectivity index is 1.73. The van der Waals surface area contributed by atoms with Crippen molar-refractivity contribution in [2.75, 3.05) is 17.1 Å². The Morgan fingerprint density at radius 2 is 1.59 bits per heavy atom. The Morgan fingerprint density at radius 3 is 2.18 bits per heavy atom. The first-order valence-corrected chi connectivity index (χ1v) is 17.7. The third-order valence-electron chi connectivity index (χ3n) is 8.11. The van der Waals surface area contributed by atoms with Gasteiger partial charge in [-0.25, -0.2) is 8.42 Å². The quantitative estimate of drug-likeness (QED) is 0.228. The molecular formula is C34H41Cl2N3O4S. The zero-order valence-electron chi connectivity index (χ0n) is 25.5. The minimum atomic E-state index is -3.85. The van der Waals surface area contributed by atoms with Crippen LogP contribution >= 0.6 is 23.2 Å². The number of carbonyl (C=O) groups is 2. The van der Waals surface area contributed by atoms with Crippen LogP contribution < -0.4 is 9.62 Å². The van der Waals surface area contributed by atoms with Crippen molar-refractivity contribution in [1.82, 2.24) is 10.2 Å². The minimum absolute atomic E-state index is 0.00564. The monoisotopic (exact) mass is 657 g/mol. The van der Waals surface area contributed by atoms with E-state index in [1.165, 1.54) is 4.90 Å². The number of carbonyl (C=O) groups excluding carboxylic acids is 2. The number of rotatable bonds is 12. The van der Waals surface area contributed by atoms with Gasteiger partial charge in [-0.05, 0) is 59.7 Å². The van der Waals surface area contributed by atoms with Crippen LogP contribution in [0.3, 0.4) is 0 Å². The van der Waals surface area contributed by atoms with E-state index >= 15 is 0 Å². The van der Waals surface area contributed by atoms with E-state index < -0.39 is 28.5 Å². The molecule has 3 aromatic rings. The summed E-state index contributed by atoms with van der Waals surface area (Å²) in [5, 5.41) is 3.99. The standard InChI is InChI=1S/C34H41Cl2N3O4S/c1-24(2)26-15-18-30(19-16-26)39(44(3,42)43)23-33(40)38(22-27-14-17-28(35)21-31(27)36)32(20-25-10-6-4-7-11-25)34(41)37-29-12-8-5-9-13-29/h4,6-7,10-11,14-19,21,24,29,32H,5,8-9,12-13,20,22-23H2,1-3H3,(H,37,41)/t32-/m0/s1. The summed E-state index contributed by atoms with van der Waals surface area (Å²) in [6, 6.07) is 20.8. The number of nitrogens with zero attached hydrogens (tertiary/aromatic N) is 2. The molecule has 4 rings (SSSR count). The van der Waals surface area contributed by atoms with Crippen molar-refractivity contribution in [2.24, 2.45) is 0 Å². The molecule has 0 radical (unpaired) electrons. The number of anilines is 1. The van der Waals surface area contributed by atoms with E-state index in [2.05, 4.69) is 19.2 Å². The maximum Gasteiger partial charge on any atom is 0.244 e. The molecule has 0 unspecified atom stereocenters. The smallest absolute Gasteiger partial charge is 0.244 e. The molecule has 1 N–H and O–H groups in total. The minimum Gasteiger partial charge on any atom is -0.352 e. The molecule has 7 nitrogen and oxygen atoms in total. The first-order valence-electron chi connectivity index (χ1n) is 15.1. The lowest BCUT2D eigenvalue weighted by atomic mass is 9.94. The molecule has 2 amide bonds. The molecule has 44 heavy (non-hydrogen) atoms. The third kappa shape index (κ3) is 9.22. The van der Waals surface area contributed by atoms with Gasteiger partial charge in [-0.1, -0.05) is 105 Å². The largest absolute Gasteiger partial charge is 0.352 e. The summed E-state index contributed by atoms with van der Waals surface area (Å²) in [5.74, 6) is -0.529. The van der Waals surface area contributed by atoms with Crippen molar-refractivity contribution in [3.8, 4) is 0 Å². The van der Waals surface area contributed by atoms with Crippen molar-refractivity contribution in [3.05, 3.63) is 99.5 Å². The van der Waals surface area contributed by atoms with Gasteiger partial charge in [-0.15, -0.1) is 0 Å². The molecule has 3 aromatic carbocycles. The number of hydrogen-bond donors (Lipinski definition) is 1. The molecule has 0 aromatic heterocycles. The molecular weight excluding hydrogens is 617 g/mol. The molecule has 1 aliphatic carbocycles. The van der Waals surface area contributed by atoms with Gasteiger partial charge in [0.15, 0.2) is 0 Å². The maximum absolute atomic E-state index is 14.3. The summed E-state index contributed by atoms with van der Waals surface area (Å²) < 4.78 is 27.2. The first kappa shape index (κ1) is 33.8. The van der Waals surface area contributed by atoms with Crippen LogP contribution in [0.25, 0.3) is 0 Å². The summed E-state index contributed by atoms with van der Waals surface area (Å²) in [4.78, 5) is 29.8. The highest BCUT2D eigenvalue weighted by Gasteiger charge is 2.34. The SMILES string of the molecule is CC(C)c1ccc(N(CC(=O)N(Cc2ccc(Cl)cc2Cl)[C@@H](Cc2ccccc2)C(=O)NC2CCCCC2)S(C)(=O)=O)cc1. The van der Waals surface area contributed by atoms with Gasteiger partial charge >= 0.3 is 0 Å². The van der Waals surface area contributed by atoms with Crippen molar-refractivity contribution in [1.29, 1.82) is 0 Å². The average molecular weight is 659 g/mol. The number of hydrogen-bond acceptors (Lipinski definition) is 4. The van der Waals surface area contributed by atoms with Crippen LogP contribution in [0, 0.1) is 0 Å². The molecule has 1 fully saturated rings. The second-order valence-electron chi connectivity index (χ2n) is 11.8. The Labute approximate surface area is 271 Å². The van der Waals surface area contributed by atoms with Crippen LogP contribution in [-0.2, 0) is 32.6 Å². The Bertz CT molecular complexity index is 1530. The van der Waals surface area contributed by atoms with Crippen LogP contribution in [0.1, 0.15) is 68.6 Å². The van der Waals surface area contributed by atoms with Crippen LogP contribution in [0.5, 0.6) is 0 Å². The van der Waals surface area contributed by atoms with E-state index in [-0.39, 0.29) is 30.8 Å². The van der Waals surface area contributed by atoms with E-state index in [9.17, 15) is 18.0 Å². The molecule has 1 aliphatic rings. The third-order valence-corrected chi connectivity index (χ3v) is 9.83. The van der Waals surface area contributed by atoms with Crippen LogP contribution in [0.15, 0.2) is 72.8 Å².